The van der Waals surface area contributed by atoms with Gasteiger partial charge in [-0.05, 0) is 18.1 Å². The Hall–Kier alpha value is -2.64. The quantitative estimate of drug-likeness (QED) is 0.611. The van der Waals surface area contributed by atoms with E-state index in [1.54, 1.807) is 24.0 Å². The maximum Gasteiger partial charge on any atom is 0.311 e. The molecule has 0 fully saturated rings. The molecule has 20 heavy (non-hydrogen) atoms. The van der Waals surface area contributed by atoms with Crippen LogP contribution in [-0.4, -0.2) is 33.3 Å². The maximum atomic E-state index is 10.9. The number of hydrogen-bond acceptors (Lipinski definition) is 6. The third kappa shape index (κ3) is 3.22. The minimum atomic E-state index is -0.446. The van der Waals surface area contributed by atoms with E-state index in [4.69, 9.17) is 0 Å². The molecule has 2 aromatic rings. The number of aryl methyl sites for hydroxylation is 1. The summed E-state index contributed by atoms with van der Waals surface area (Å²) in [5.74, 6) is 0.852. The van der Waals surface area contributed by atoms with E-state index in [1.165, 1.54) is 6.07 Å². The van der Waals surface area contributed by atoms with Gasteiger partial charge in [0.15, 0.2) is 0 Å². The lowest BCUT2D eigenvalue weighted by molar-refractivity contribution is -0.384. The van der Waals surface area contributed by atoms with Crippen molar-refractivity contribution < 1.29 is 4.92 Å². The Morgan fingerprint density at radius 1 is 1.45 bits per heavy atom. The number of aromatic nitrogens is 3. The van der Waals surface area contributed by atoms with Crippen molar-refractivity contribution in [2.24, 2.45) is 7.05 Å². The number of hydrogen-bond donors (Lipinski definition) is 2. The smallest absolute Gasteiger partial charge is 0.311 e. The van der Waals surface area contributed by atoms with Crippen LogP contribution in [0.15, 0.2) is 24.5 Å². The van der Waals surface area contributed by atoms with Crippen molar-refractivity contribution in [1.29, 1.82) is 0 Å². The van der Waals surface area contributed by atoms with E-state index < -0.39 is 4.92 Å². The molecule has 0 aliphatic carbocycles. The van der Waals surface area contributed by atoms with Gasteiger partial charge in [0, 0.05) is 32.9 Å². The average molecular weight is 276 g/mol. The molecule has 106 valence electrons. The molecule has 8 nitrogen and oxygen atoms in total. The van der Waals surface area contributed by atoms with E-state index in [9.17, 15) is 10.1 Å². The van der Waals surface area contributed by atoms with Crippen LogP contribution in [0.25, 0.3) is 0 Å². The van der Waals surface area contributed by atoms with Crippen molar-refractivity contribution in [3.8, 4) is 0 Å². The van der Waals surface area contributed by atoms with Crippen LogP contribution >= 0.6 is 0 Å². The first kappa shape index (κ1) is 13.8. The summed E-state index contributed by atoms with van der Waals surface area (Å²) < 4.78 is 1.72. The van der Waals surface area contributed by atoms with Crippen LogP contribution in [0, 0.1) is 10.1 Å². The first-order chi connectivity index (χ1) is 9.60. The zero-order chi connectivity index (χ0) is 14.5. The summed E-state index contributed by atoms with van der Waals surface area (Å²) in [6, 6.07) is 3.01. The summed E-state index contributed by atoms with van der Waals surface area (Å²) in [7, 11) is 3.56. The highest BCUT2D eigenvalue weighted by molar-refractivity contribution is 5.60. The molecule has 0 radical (unpaired) electrons. The van der Waals surface area contributed by atoms with Gasteiger partial charge in [0.05, 0.1) is 11.1 Å². The second-order valence-corrected chi connectivity index (χ2v) is 4.27. The van der Waals surface area contributed by atoms with Crippen molar-refractivity contribution in [3.63, 3.8) is 0 Å². The number of nitrogens with zero attached hydrogens (tertiary/aromatic N) is 4. The number of nitrogens with one attached hydrogen (secondary N) is 2. The number of anilines is 2. The van der Waals surface area contributed by atoms with Gasteiger partial charge in [-0.15, -0.1) is 0 Å². The molecule has 8 heteroatoms. The Balaban J connectivity index is 2.05. The first-order valence-electron chi connectivity index (χ1n) is 6.14. The van der Waals surface area contributed by atoms with Crippen LogP contribution in [0.5, 0.6) is 0 Å². The fourth-order valence-corrected chi connectivity index (χ4v) is 1.79. The second kappa shape index (κ2) is 6.00. The zero-order valence-electron chi connectivity index (χ0n) is 11.3. The van der Waals surface area contributed by atoms with E-state index in [2.05, 4.69) is 20.7 Å². The summed E-state index contributed by atoms with van der Waals surface area (Å²) in [6.07, 6.45) is 4.40. The Kier molecular flexibility index (Phi) is 4.14. The van der Waals surface area contributed by atoms with E-state index in [0.29, 0.717) is 12.4 Å². The third-order valence-corrected chi connectivity index (χ3v) is 2.79. The van der Waals surface area contributed by atoms with Gasteiger partial charge in [-0.3, -0.25) is 14.8 Å². The van der Waals surface area contributed by atoms with Crippen LogP contribution < -0.4 is 10.6 Å². The van der Waals surface area contributed by atoms with Crippen LogP contribution in [0.4, 0.5) is 17.3 Å². The van der Waals surface area contributed by atoms with Crippen molar-refractivity contribution in [3.05, 3.63) is 40.2 Å². The minimum absolute atomic E-state index is 0.0322. The molecule has 0 spiro atoms. The lowest BCUT2D eigenvalue weighted by atomic mass is 10.2. The molecule has 2 rings (SSSR count). The maximum absolute atomic E-state index is 10.9. The monoisotopic (exact) mass is 276 g/mol. The van der Waals surface area contributed by atoms with E-state index in [1.807, 2.05) is 13.2 Å². The molecule has 0 aromatic carbocycles. The van der Waals surface area contributed by atoms with E-state index in [-0.39, 0.29) is 11.5 Å². The molecule has 0 unspecified atom stereocenters. The molecule has 0 bridgehead atoms. The SMILES string of the molecule is CNc1ccc([N+](=O)[O-])c(NCCc2cnn(C)c2)n1. The lowest BCUT2D eigenvalue weighted by Crippen LogP contribution is -2.09. The predicted molar refractivity (Wildman–Crippen MR) is 75.8 cm³/mol. The highest BCUT2D eigenvalue weighted by Gasteiger charge is 2.15. The Labute approximate surface area is 116 Å². The molecule has 2 N–H and O–H groups in total. The highest BCUT2D eigenvalue weighted by atomic mass is 16.6. The molecule has 2 heterocycles. The van der Waals surface area contributed by atoms with Crippen molar-refractivity contribution in [2.45, 2.75) is 6.42 Å². The number of rotatable bonds is 6. The van der Waals surface area contributed by atoms with E-state index >= 15 is 0 Å². The van der Waals surface area contributed by atoms with Gasteiger partial charge >= 0.3 is 5.69 Å². The van der Waals surface area contributed by atoms with E-state index in [0.717, 1.165) is 12.0 Å². The van der Waals surface area contributed by atoms with Crippen LogP contribution in [0.2, 0.25) is 0 Å². The normalized spacial score (nSPS) is 10.3. The predicted octanol–water partition coefficient (Wildman–Crippen LogP) is 1.42. The largest absolute Gasteiger partial charge is 0.373 e. The van der Waals surface area contributed by atoms with Gasteiger partial charge in [0.1, 0.15) is 5.82 Å². The standard InChI is InChI=1S/C12H16N6O2/c1-13-11-4-3-10(18(19)20)12(16-11)14-6-5-9-7-15-17(2)8-9/h3-4,7-8H,5-6H2,1-2H3,(H2,13,14,16). The summed E-state index contributed by atoms with van der Waals surface area (Å²) in [4.78, 5) is 14.7. The average Bonchev–Trinajstić information content (AvgIpc) is 2.84. The van der Waals surface area contributed by atoms with Crippen molar-refractivity contribution in [2.75, 3.05) is 24.2 Å². The van der Waals surface area contributed by atoms with Gasteiger partial charge in [0.25, 0.3) is 0 Å². The Morgan fingerprint density at radius 3 is 2.85 bits per heavy atom. The van der Waals surface area contributed by atoms with Crippen LogP contribution in [0.1, 0.15) is 5.56 Å². The summed E-state index contributed by atoms with van der Waals surface area (Å²) in [5, 5.41) is 20.9. The van der Waals surface area contributed by atoms with Crippen molar-refractivity contribution in [1.82, 2.24) is 14.8 Å². The van der Waals surface area contributed by atoms with Crippen LogP contribution in [-0.2, 0) is 13.5 Å². The van der Waals surface area contributed by atoms with Gasteiger partial charge in [-0.25, -0.2) is 4.98 Å². The molecule has 0 saturated carbocycles. The summed E-state index contributed by atoms with van der Waals surface area (Å²) in [5.41, 5.74) is 1.03. The number of pyridine rings is 1. The zero-order valence-corrected chi connectivity index (χ0v) is 11.3. The summed E-state index contributed by atoms with van der Waals surface area (Å²) in [6.45, 7) is 0.548. The third-order valence-electron chi connectivity index (χ3n) is 2.79. The van der Waals surface area contributed by atoms with Crippen LogP contribution in [0.3, 0.4) is 0 Å². The molecular weight excluding hydrogens is 260 g/mol. The van der Waals surface area contributed by atoms with Gasteiger partial charge in [-0.1, -0.05) is 0 Å². The van der Waals surface area contributed by atoms with Gasteiger partial charge < -0.3 is 10.6 Å². The molecule has 2 aromatic heterocycles. The highest BCUT2D eigenvalue weighted by Crippen LogP contribution is 2.23. The molecule has 0 atom stereocenters. The Bertz CT molecular complexity index is 610. The fraction of sp³-hybridized carbons (Fsp3) is 0.333. The number of nitro groups is 1. The minimum Gasteiger partial charge on any atom is -0.373 e. The first-order valence-corrected chi connectivity index (χ1v) is 6.14. The molecule has 0 amide bonds. The summed E-state index contributed by atoms with van der Waals surface area (Å²) >= 11 is 0. The molecule has 0 saturated heterocycles. The van der Waals surface area contributed by atoms with Gasteiger partial charge in [0.2, 0.25) is 5.82 Å². The second-order valence-electron chi connectivity index (χ2n) is 4.27. The topological polar surface area (TPSA) is 97.9 Å². The molecule has 0 aliphatic rings. The lowest BCUT2D eigenvalue weighted by Gasteiger charge is -2.07. The Morgan fingerprint density at radius 2 is 2.25 bits per heavy atom. The molecular formula is C12H16N6O2. The van der Waals surface area contributed by atoms with Crippen molar-refractivity contribution >= 4 is 17.3 Å². The fourth-order valence-electron chi connectivity index (χ4n) is 1.79. The van der Waals surface area contributed by atoms with Gasteiger partial charge in [-0.2, -0.15) is 5.10 Å². The molecule has 0 aliphatic heterocycles.